The zero-order valence-corrected chi connectivity index (χ0v) is 13.9. The molecule has 1 saturated heterocycles. The van der Waals surface area contributed by atoms with Crippen molar-refractivity contribution in [2.24, 2.45) is 0 Å². The normalized spacial score (nSPS) is 14.9. The summed E-state index contributed by atoms with van der Waals surface area (Å²) >= 11 is 0. The van der Waals surface area contributed by atoms with Crippen LogP contribution < -0.4 is 0 Å². The van der Waals surface area contributed by atoms with E-state index in [-0.39, 0.29) is 43.1 Å². The van der Waals surface area contributed by atoms with E-state index >= 15 is 0 Å². The van der Waals surface area contributed by atoms with E-state index in [1.54, 1.807) is 6.92 Å². The molecule has 1 rings (SSSR count). The third-order valence-corrected chi connectivity index (χ3v) is 3.06. The zero-order chi connectivity index (χ0) is 19.0. The predicted octanol–water partition coefficient (Wildman–Crippen LogP) is -0.172. The van der Waals surface area contributed by atoms with Crippen molar-refractivity contribution in [1.29, 1.82) is 0 Å². The Hall–Kier alpha value is -2.78. The van der Waals surface area contributed by atoms with Gasteiger partial charge in [-0.15, -0.1) is 5.06 Å². The number of amides is 2. The number of imide groups is 1. The molecule has 2 amide bonds. The number of Topliss-reactive ketones (excluding diaryl/α,β-unsaturated/α-hetero) is 1. The van der Waals surface area contributed by atoms with Crippen LogP contribution in [0.5, 0.6) is 0 Å². The lowest BCUT2D eigenvalue weighted by Crippen LogP contribution is -2.39. The molecule has 0 saturated carbocycles. The summed E-state index contributed by atoms with van der Waals surface area (Å²) in [6.45, 7) is 2.87. The summed E-state index contributed by atoms with van der Waals surface area (Å²) in [5.41, 5.74) is 0. The maximum atomic E-state index is 12.1. The molecule has 1 aliphatic rings. The number of ketones is 1. The number of carbonyl (C=O) groups is 6. The van der Waals surface area contributed by atoms with Gasteiger partial charge in [0.15, 0.2) is 0 Å². The van der Waals surface area contributed by atoms with Gasteiger partial charge in [-0.2, -0.15) is 0 Å². The SMILES string of the molecule is CCOC(=O)C[C@H](OC(=O)CCC(C)=O)C(=O)ON1C(=O)CCC1=O. The molecule has 0 radical (unpaired) electrons. The van der Waals surface area contributed by atoms with Crippen molar-refractivity contribution < 1.29 is 43.1 Å². The highest BCUT2D eigenvalue weighted by Crippen LogP contribution is 2.15. The molecule has 0 unspecified atom stereocenters. The fraction of sp³-hybridized carbons (Fsp3) is 0.600. The molecule has 0 N–H and O–H groups in total. The second kappa shape index (κ2) is 9.50. The third-order valence-electron chi connectivity index (χ3n) is 3.06. The summed E-state index contributed by atoms with van der Waals surface area (Å²) in [4.78, 5) is 73.8. The van der Waals surface area contributed by atoms with Crippen molar-refractivity contribution in [3.63, 3.8) is 0 Å². The van der Waals surface area contributed by atoms with Gasteiger partial charge in [-0.05, 0) is 13.8 Å². The van der Waals surface area contributed by atoms with E-state index in [9.17, 15) is 28.8 Å². The molecule has 1 fully saturated rings. The number of carbonyl (C=O) groups excluding carboxylic acids is 6. The molecule has 0 aromatic rings. The van der Waals surface area contributed by atoms with Crippen LogP contribution in [0.4, 0.5) is 0 Å². The predicted molar refractivity (Wildman–Crippen MR) is 78.2 cm³/mol. The van der Waals surface area contributed by atoms with E-state index in [1.165, 1.54) is 6.92 Å². The Labute approximate surface area is 143 Å². The highest BCUT2D eigenvalue weighted by atomic mass is 16.7. The maximum Gasteiger partial charge on any atom is 0.374 e. The van der Waals surface area contributed by atoms with Gasteiger partial charge in [0, 0.05) is 19.3 Å². The molecule has 0 aromatic heterocycles. The first-order valence-corrected chi connectivity index (χ1v) is 7.66. The van der Waals surface area contributed by atoms with Crippen molar-refractivity contribution in [3.05, 3.63) is 0 Å². The third kappa shape index (κ3) is 6.69. The molecule has 1 heterocycles. The van der Waals surface area contributed by atoms with E-state index < -0.39 is 42.2 Å². The van der Waals surface area contributed by atoms with E-state index in [1.807, 2.05) is 0 Å². The minimum atomic E-state index is -1.69. The van der Waals surface area contributed by atoms with Gasteiger partial charge in [0.2, 0.25) is 6.10 Å². The lowest BCUT2D eigenvalue weighted by atomic mass is 10.2. The van der Waals surface area contributed by atoms with Gasteiger partial charge < -0.3 is 19.1 Å². The van der Waals surface area contributed by atoms with E-state index in [0.717, 1.165) is 0 Å². The molecule has 0 aliphatic carbocycles. The Morgan fingerprint density at radius 2 is 1.64 bits per heavy atom. The first kappa shape index (κ1) is 20.3. The molecule has 0 spiro atoms. The van der Waals surface area contributed by atoms with Gasteiger partial charge in [-0.1, -0.05) is 0 Å². The van der Waals surface area contributed by atoms with E-state index in [2.05, 4.69) is 9.57 Å². The molecule has 138 valence electrons. The molecule has 1 aliphatic heterocycles. The lowest BCUT2D eigenvalue weighted by molar-refractivity contribution is -0.206. The van der Waals surface area contributed by atoms with Crippen LogP contribution in [0.15, 0.2) is 0 Å². The maximum absolute atomic E-state index is 12.1. The molecule has 0 aromatic carbocycles. The number of nitrogens with zero attached hydrogens (tertiary/aromatic N) is 1. The number of hydrogen-bond donors (Lipinski definition) is 0. The number of hydrogen-bond acceptors (Lipinski definition) is 9. The monoisotopic (exact) mass is 357 g/mol. The van der Waals surface area contributed by atoms with Crippen LogP contribution in [0, 0.1) is 0 Å². The molecule has 0 bridgehead atoms. The minimum Gasteiger partial charge on any atom is -0.466 e. The van der Waals surface area contributed by atoms with Crippen LogP contribution >= 0.6 is 0 Å². The molecule has 10 nitrogen and oxygen atoms in total. The topological polar surface area (TPSA) is 133 Å². The summed E-state index contributed by atoms with van der Waals surface area (Å²) in [5, 5.41) is 0.282. The van der Waals surface area contributed by atoms with Crippen molar-refractivity contribution in [2.45, 2.75) is 52.1 Å². The summed E-state index contributed by atoms with van der Waals surface area (Å²) in [5.74, 6) is -4.67. The first-order chi connectivity index (χ1) is 11.7. The molecule has 1 atom stereocenters. The zero-order valence-electron chi connectivity index (χ0n) is 13.9. The first-order valence-electron chi connectivity index (χ1n) is 7.66. The van der Waals surface area contributed by atoms with E-state index in [0.29, 0.717) is 0 Å². The van der Waals surface area contributed by atoms with Gasteiger partial charge >= 0.3 is 17.9 Å². The Bertz CT molecular complexity index is 568. The van der Waals surface area contributed by atoms with Crippen molar-refractivity contribution in [2.75, 3.05) is 6.61 Å². The summed E-state index contributed by atoms with van der Waals surface area (Å²) in [6, 6.07) is 0. The number of ether oxygens (including phenoxy) is 2. The van der Waals surface area contributed by atoms with Gasteiger partial charge in [-0.3, -0.25) is 19.2 Å². The van der Waals surface area contributed by atoms with Crippen LogP contribution in [0.2, 0.25) is 0 Å². The van der Waals surface area contributed by atoms with Crippen LogP contribution in [0.25, 0.3) is 0 Å². The Morgan fingerprint density at radius 1 is 1.04 bits per heavy atom. The summed E-state index contributed by atoms with van der Waals surface area (Å²) in [7, 11) is 0. The minimum absolute atomic E-state index is 0.0436. The summed E-state index contributed by atoms with van der Waals surface area (Å²) < 4.78 is 9.52. The fourth-order valence-electron chi connectivity index (χ4n) is 1.85. The highest BCUT2D eigenvalue weighted by Gasteiger charge is 2.37. The smallest absolute Gasteiger partial charge is 0.374 e. The van der Waals surface area contributed by atoms with E-state index in [4.69, 9.17) is 4.74 Å². The van der Waals surface area contributed by atoms with Crippen molar-refractivity contribution >= 4 is 35.5 Å². The van der Waals surface area contributed by atoms with Crippen molar-refractivity contribution in [3.8, 4) is 0 Å². The van der Waals surface area contributed by atoms with Gasteiger partial charge in [0.25, 0.3) is 11.8 Å². The number of rotatable bonds is 9. The Morgan fingerprint density at radius 3 is 2.16 bits per heavy atom. The fourth-order valence-corrected chi connectivity index (χ4v) is 1.85. The van der Waals surface area contributed by atoms with Crippen LogP contribution in [-0.4, -0.2) is 53.3 Å². The quantitative estimate of drug-likeness (QED) is 0.407. The molecule has 25 heavy (non-hydrogen) atoms. The number of hydroxylamine groups is 2. The Kier molecular flexibility index (Phi) is 7.70. The second-order valence-electron chi connectivity index (χ2n) is 5.18. The lowest BCUT2D eigenvalue weighted by Gasteiger charge is -2.19. The van der Waals surface area contributed by atoms with Crippen LogP contribution in [-0.2, 0) is 43.1 Å². The van der Waals surface area contributed by atoms with Crippen LogP contribution in [0.1, 0.15) is 46.0 Å². The van der Waals surface area contributed by atoms with Gasteiger partial charge in [0.1, 0.15) is 5.78 Å². The van der Waals surface area contributed by atoms with Gasteiger partial charge in [-0.25, -0.2) is 4.79 Å². The second-order valence-corrected chi connectivity index (χ2v) is 5.18. The van der Waals surface area contributed by atoms with Gasteiger partial charge in [0.05, 0.1) is 19.4 Å². The standard InChI is InChI=1S/C15H19NO9/c1-3-23-14(21)8-10(24-13(20)7-4-9(2)17)15(22)25-16-11(18)5-6-12(16)19/h10H,3-8H2,1-2H3/t10-/m0/s1. The molecular formula is C15H19NO9. The highest BCUT2D eigenvalue weighted by molar-refractivity contribution is 6.02. The molecule has 10 heteroatoms. The average molecular weight is 357 g/mol. The van der Waals surface area contributed by atoms with Crippen molar-refractivity contribution in [1.82, 2.24) is 5.06 Å². The number of esters is 2. The average Bonchev–Trinajstić information content (AvgIpc) is 2.84. The van der Waals surface area contributed by atoms with Crippen LogP contribution in [0.3, 0.4) is 0 Å². The molecular weight excluding hydrogens is 338 g/mol. The Balaban J connectivity index is 2.74. The largest absolute Gasteiger partial charge is 0.466 e. The summed E-state index contributed by atoms with van der Waals surface area (Å²) in [6.07, 6.45) is -2.93.